The summed E-state index contributed by atoms with van der Waals surface area (Å²) in [7, 11) is 0. The van der Waals surface area contributed by atoms with Crippen LogP contribution in [0, 0.1) is 19.3 Å². The number of hydrogen-bond donors (Lipinski definition) is 1. The van der Waals surface area contributed by atoms with Crippen LogP contribution in [-0.2, 0) is 6.42 Å². The van der Waals surface area contributed by atoms with Crippen molar-refractivity contribution in [2.24, 2.45) is 5.41 Å². The zero-order valence-electron chi connectivity index (χ0n) is 13.1. The van der Waals surface area contributed by atoms with Gasteiger partial charge in [-0.05, 0) is 67.8 Å². The lowest BCUT2D eigenvalue weighted by Gasteiger charge is -2.25. The second-order valence-electron chi connectivity index (χ2n) is 6.37. The van der Waals surface area contributed by atoms with Gasteiger partial charge in [-0.15, -0.1) is 0 Å². The monoisotopic (exact) mass is 281 g/mol. The summed E-state index contributed by atoms with van der Waals surface area (Å²) >= 11 is 6.34. The maximum absolute atomic E-state index is 6.34. The Balaban J connectivity index is 2.58. The van der Waals surface area contributed by atoms with Crippen molar-refractivity contribution < 1.29 is 0 Å². The van der Waals surface area contributed by atoms with Crippen LogP contribution < -0.4 is 5.32 Å². The molecule has 1 aromatic carbocycles. The molecule has 1 aromatic rings. The minimum Gasteiger partial charge on any atom is -0.316 e. The number of nitrogens with one attached hydrogen (secondary N) is 1. The van der Waals surface area contributed by atoms with Gasteiger partial charge in [0, 0.05) is 11.6 Å². The van der Waals surface area contributed by atoms with E-state index in [9.17, 15) is 0 Å². The molecule has 0 unspecified atom stereocenters. The van der Waals surface area contributed by atoms with Crippen molar-refractivity contribution >= 4 is 11.6 Å². The average Bonchev–Trinajstić information content (AvgIpc) is 2.32. The number of halogens is 1. The van der Waals surface area contributed by atoms with Crippen molar-refractivity contribution in [1.82, 2.24) is 5.32 Å². The van der Waals surface area contributed by atoms with Crippen LogP contribution in [0.15, 0.2) is 12.1 Å². The Kier molecular flexibility index (Phi) is 6.35. The van der Waals surface area contributed by atoms with Gasteiger partial charge in [0.25, 0.3) is 0 Å². The standard InChI is InChI=1S/C17H28ClN/c1-6-9-19-12-17(4,5)8-7-15-10-13(2)14(3)11-16(15)18/h10-11,19H,6-9,12H2,1-5H3. The molecule has 0 saturated heterocycles. The molecule has 1 rings (SSSR count). The molecule has 1 nitrogen and oxygen atoms in total. The molecule has 19 heavy (non-hydrogen) atoms. The SMILES string of the molecule is CCCNCC(C)(C)CCc1cc(C)c(C)cc1Cl. The van der Waals surface area contributed by atoms with Crippen LogP contribution >= 0.6 is 11.6 Å². The van der Waals surface area contributed by atoms with Gasteiger partial charge in [0.1, 0.15) is 0 Å². The first-order valence-corrected chi connectivity index (χ1v) is 7.70. The summed E-state index contributed by atoms with van der Waals surface area (Å²) in [5, 5.41) is 4.43. The fourth-order valence-corrected chi connectivity index (χ4v) is 2.51. The van der Waals surface area contributed by atoms with Crippen molar-refractivity contribution in [2.45, 2.75) is 53.9 Å². The number of hydrogen-bond acceptors (Lipinski definition) is 1. The molecule has 0 fully saturated rings. The summed E-state index contributed by atoms with van der Waals surface area (Å²) in [6.45, 7) is 13.3. The number of benzene rings is 1. The van der Waals surface area contributed by atoms with Crippen LogP contribution in [0.2, 0.25) is 5.02 Å². The van der Waals surface area contributed by atoms with E-state index in [1.165, 1.54) is 23.1 Å². The van der Waals surface area contributed by atoms with Gasteiger partial charge in [-0.25, -0.2) is 0 Å². The molecule has 1 N–H and O–H groups in total. The highest BCUT2D eigenvalue weighted by Crippen LogP contribution is 2.27. The van der Waals surface area contributed by atoms with E-state index in [-0.39, 0.29) is 0 Å². The number of rotatable bonds is 7. The minimum atomic E-state index is 0.317. The van der Waals surface area contributed by atoms with E-state index >= 15 is 0 Å². The lowest BCUT2D eigenvalue weighted by atomic mass is 9.85. The molecule has 0 heterocycles. The van der Waals surface area contributed by atoms with Crippen LogP contribution in [-0.4, -0.2) is 13.1 Å². The average molecular weight is 282 g/mol. The number of aryl methyl sites for hydroxylation is 3. The van der Waals surface area contributed by atoms with Crippen LogP contribution in [0.1, 0.15) is 50.3 Å². The molecule has 0 aliphatic heterocycles. The van der Waals surface area contributed by atoms with Gasteiger partial charge in [-0.1, -0.05) is 38.4 Å². The molecule has 0 atom stereocenters. The Labute approximate surface area is 123 Å². The first-order chi connectivity index (χ1) is 8.85. The van der Waals surface area contributed by atoms with E-state index in [0.29, 0.717) is 5.41 Å². The summed E-state index contributed by atoms with van der Waals surface area (Å²) in [5.41, 5.74) is 4.21. The van der Waals surface area contributed by atoms with Gasteiger partial charge >= 0.3 is 0 Å². The topological polar surface area (TPSA) is 12.0 Å². The Morgan fingerprint density at radius 2 is 1.79 bits per heavy atom. The molecule has 0 saturated carbocycles. The first kappa shape index (κ1) is 16.5. The van der Waals surface area contributed by atoms with Crippen LogP contribution in [0.3, 0.4) is 0 Å². The third-order valence-electron chi connectivity index (χ3n) is 3.76. The third kappa shape index (κ3) is 5.54. The Morgan fingerprint density at radius 1 is 1.16 bits per heavy atom. The highest BCUT2D eigenvalue weighted by Gasteiger charge is 2.18. The summed E-state index contributed by atoms with van der Waals surface area (Å²) in [5.74, 6) is 0. The Bertz CT molecular complexity index is 410. The van der Waals surface area contributed by atoms with Gasteiger partial charge in [0.05, 0.1) is 0 Å². The van der Waals surface area contributed by atoms with E-state index < -0.39 is 0 Å². The quantitative estimate of drug-likeness (QED) is 0.700. The maximum atomic E-state index is 6.34. The zero-order chi connectivity index (χ0) is 14.5. The van der Waals surface area contributed by atoms with Crippen LogP contribution in [0.25, 0.3) is 0 Å². The van der Waals surface area contributed by atoms with Gasteiger partial charge in [0.2, 0.25) is 0 Å². The smallest absolute Gasteiger partial charge is 0.0440 e. The Morgan fingerprint density at radius 3 is 2.42 bits per heavy atom. The Hall–Kier alpha value is -0.530. The van der Waals surface area contributed by atoms with Gasteiger partial charge in [0.15, 0.2) is 0 Å². The lowest BCUT2D eigenvalue weighted by molar-refractivity contribution is 0.315. The van der Waals surface area contributed by atoms with Gasteiger partial charge < -0.3 is 5.32 Å². The predicted molar refractivity (Wildman–Crippen MR) is 86.2 cm³/mol. The van der Waals surface area contributed by atoms with E-state index in [1.54, 1.807) is 0 Å². The lowest BCUT2D eigenvalue weighted by Crippen LogP contribution is -2.30. The van der Waals surface area contributed by atoms with E-state index in [1.807, 2.05) is 0 Å². The molecule has 0 bridgehead atoms. The van der Waals surface area contributed by atoms with Crippen molar-refractivity contribution in [3.05, 3.63) is 33.8 Å². The fourth-order valence-electron chi connectivity index (χ4n) is 2.20. The van der Waals surface area contributed by atoms with Crippen molar-refractivity contribution in [2.75, 3.05) is 13.1 Å². The molecule has 0 radical (unpaired) electrons. The molecular weight excluding hydrogens is 254 g/mol. The molecule has 108 valence electrons. The van der Waals surface area contributed by atoms with Crippen molar-refractivity contribution in [3.63, 3.8) is 0 Å². The third-order valence-corrected chi connectivity index (χ3v) is 4.12. The summed E-state index contributed by atoms with van der Waals surface area (Å²) < 4.78 is 0. The van der Waals surface area contributed by atoms with E-state index in [0.717, 1.165) is 31.0 Å². The summed E-state index contributed by atoms with van der Waals surface area (Å²) in [4.78, 5) is 0. The molecule has 0 aliphatic rings. The van der Waals surface area contributed by atoms with Crippen LogP contribution in [0.5, 0.6) is 0 Å². The molecule has 2 heteroatoms. The van der Waals surface area contributed by atoms with Crippen molar-refractivity contribution in [1.29, 1.82) is 0 Å². The molecular formula is C17H28ClN. The molecule has 0 aliphatic carbocycles. The molecule has 0 amide bonds. The molecule has 0 spiro atoms. The second-order valence-corrected chi connectivity index (χ2v) is 6.78. The van der Waals surface area contributed by atoms with E-state index in [4.69, 9.17) is 11.6 Å². The highest BCUT2D eigenvalue weighted by molar-refractivity contribution is 6.31. The first-order valence-electron chi connectivity index (χ1n) is 7.32. The maximum Gasteiger partial charge on any atom is 0.0440 e. The normalized spacial score (nSPS) is 11.9. The highest BCUT2D eigenvalue weighted by atomic mass is 35.5. The minimum absolute atomic E-state index is 0.317. The zero-order valence-corrected chi connectivity index (χ0v) is 13.8. The second kappa shape index (κ2) is 7.31. The summed E-state index contributed by atoms with van der Waals surface area (Å²) in [6.07, 6.45) is 3.41. The van der Waals surface area contributed by atoms with E-state index in [2.05, 4.69) is 52.1 Å². The molecule has 0 aromatic heterocycles. The fraction of sp³-hybridized carbons (Fsp3) is 0.647. The predicted octanol–water partition coefficient (Wildman–Crippen LogP) is 4.92. The van der Waals surface area contributed by atoms with Gasteiger partial charge in [-0.3, -0.25) is 0 Å². The van der Waals surface area contributed by atoms with Gasteiger partial charge in [-0.2, -0.15) is 0 Å². The van der Waals surface area contributed by atoms with Crippen LogP contribution in [0.4, 0.5) is 0 Å². The largest absolute Gasteiger partial charge is 0.316 e. The van der Waals surface area contributed by atoms with Crippen molar-refractivity contribution in [3.8, 4) is 0 Å². The summed E-state index contributed by atoms with van der Waals surface area (Å²) in [6, 6.07) is 4.34.